The smallest absolute Gasteiger partial charge is 0.117 e. The van der Waals surface area contributed by atoms with Gasteiger partial charge in [-0.3, -0.25) is 0 Å². The molecule has 2 N–H and O–H groups in total. The minimum absolute atomic E-state index is 0.0298. The number of hydrogen-bond donors (Lipinski definition) is 2. The minimum atomic E-state index is -0.513. The molecule has 0 aliphatic heterocycles. The molecule has 0 aliphatic rings. The summed E-state index contributed by atoms with van der Waals surface area (Å²) in [4.78, 5) is 0. The van der Waals surface area contributed by atoms with Crippen molar-refractivity contribution in [2.45, 2.75) is 32.5 Å². The van der Waals surface area contributed by atoms with Crippen LogP contribution in [0.4, 0.5) is 0 Å². The van der Waals surface area contributed by atoms with Crippen LogP contribution >= 0.6 is 0 Å². The Morgan fingerprint density at radius 3 is 2.56 bits per heavy atom. The van der Waals surface area contributed by atoms with Crippen molar-refractivity contribution in [3.8, 4) is 0 Å². The van der Waals surface area contributed by atoms with Crippen molar-refractivity contribution >= 4 is 0 Å². The normalized spacial score (nSPS) is 14.4. The monoisotopic (exact) mass is 245 g/mol. The zero-order valence-electron chi connectivity index (χ0n) is 10.8. The van der Waals surface area contributed by atoms with E-state index in [2.05, 4.69) is 5.32 Å². The highest BCUT2D eigenvalue weighted by atomic mass is 16.3. The highest BCUT2D eigenvalue weighted by molar-refractivity contribution is 5.23. The van der Waals surface area contributed by atoms with Gasteiger partial charge in [0, 0.05) is 6.04 Å². The van der Waals surface area contributed by atoms with Crippen LogP contribution < -0.4 is 5.32 Å². The summed E-state index contributed by atoms with van der Waals surface area (Å²) in [6, 6.07) is 11.7. The van der Waals surface area contributed by atoms with Gasteiger partial charge >= 0.3 is 0 Å². The van der Waals surface area contributed by atoms with Gasteiger partial charge < -0.3 is 14.8 Å². The molecule has 1 aromatic carbocycles. The van der Waals surface area contributed by atoms with Crippen LogP contribution in [0, 0.1) is 6.92 Å². The third-order valence-corrected chi connectivity index (χ3v) is 3.07. The third kappa shape index (κ3) is 3.22. The SMILES string of the molecule is Cc1ccc(C(O)C(C)NCc2ccco2)cc1. The van der Waals surface area contributed by atoms with Gasteiger partial charge in [-0.15, -0.1) is 0 Å². The summed E-state index contributed by atoms with van der Waals surface area (Å²) in [5, 5.41) is 13.5. The zero-order valence-corrected chi connectivity index (χ0v) is 10.8. The van der Waals surface area contributed by atoms with Gasteiger partial charge in [-0.25, -0.2) is 0 Å². The van der Waals surface area contributed by atoms with Crippen LogP contribution in [0.15, 0.2) is 47.1 Å². The molecule has 18 heavy (non-hydrogen) atoms. The molecule has 2 atom stereocenters. The second kappa shape index (κ2) is 5.85. The Balaban J connectivity index is 1.91. The molecule has 0 aliphatic carbocycles. The average Bonchev–Trinajstić information content (AvgIpc) is 2.89. The molecule has 3 heteroatoms. The molecule has 2 aromatic rings. The number of nitrogens with one attached hydrogen (secondary N) is 1. The number of rotatable bonds is 5. The number of aliphatic hydroxyl groups is 1. The molecule has 0 amide bonds. The fraction of sp³-hybridized carbons (Fsp3) is 0.333. The van der Waals surface area contributed by atoms with E-state index in [0.717, 1.165) is 11.3 Å². The molecule has 0 spiro atoms. The van der Waals surface area contributed by atoms with Crippen LogP contribution in [0.5, 0.6) is 0 Å². The van der Waals surface area contributed by atoms with Gasteiger partial charge in [-0.2, -0.15) is 0 Å². The maximum Gasteiger partial charge on any atom is 0.117 e. The largest absolute Gasteiger partial charge is 0.468 e. The molecule has 1 heterocycles. The maximum absolute atomic E-state index is 10.2. The topological polar surface area (TPSA) is 45.4 Å². The van der Waals surface area contributed by atoms with Gasteiger partial charge in [0.05, 0.1) is 18.9 Å². The van der Waals surface area contributed by atoms with E-state index >= 15 is 0 Å². The lowest BCUT2D eigenvalue weighted by molar-refractivity contribution is 0.134. The number of hydrogen-bond acceptors (Lipinski definition) is 3. The average molecular weight is 245 g/mol. The Bertz CT molecular complexity index is 462. The van der Waals surface area contributed by atoms with E-state index in [1.807, 2.05) is 50.2 Å². The molecule has 96 valence electrons. The molecule has 1 aromatic heterocycles. The summed E-state index contributed by atoms with van der Waals surface area (Å²) in [5.41, 5.74) is 2.13. The summed E-state index contributed by atoms with van der Waals surface area (Å²) < 4.78 is 5.24. The van der Waals surface area contributed by atoms with Gasteiger partial charge in [0.1, 0.15) is 5.76 Å². The summed E-state index contributed by atoms with van der Waals surface area (Å²) in [5.74, 6) is 0.873. The second-order valence-corrected chi connectivity index (χ2v) is 4.60. The number of aliphatic hydroxyl groups excluding tert-OH is 1. The van der Waals surface area contributed by atoms with Gasteiger partial charge in [0.2, 0.25) is 0 Å². The predicted molar refractivity (Wildman–Crippen MR) is 71.1 cm³/mol. The lowest BCUT2D eigenvalue weighted by Crippen LogP contribution is -2.31. The van der Waals surface area contributed by atoms with Crippen molar-refractivity contribution in [2.24, 2.45) is 0 Å². The van der Waals surface area contributed by atoms with E-state index in [4.69, 9.17) is 4.42 Å². The number of aryl methyl sites for hydroxylation is 1. The van der Waals surface area contributed by atoms with E-state index in [-0.39, 0.29) is 6.04 Å². The Morgan fingerprint density at radius 1 is 1.22 bits per heavy atom. The predicted octanol–water partition coefficient (Wildman–Crippen LogP) is 2.80. The Kier molecular flexibility index (Phi) is 4.18. The summed E-state index contributed by atoms with van der Waals surface area (Å²) in [7, 11) is 0. The molecular formula is C15H19NO2. The second-order valence-electron chi connectivity index (χ2n) is 4.60. The van der Waals surface area contributed by atoms with Crippen molar-refractivity contribution in [3.63, 3.8) is 0 Å². The van der Waals surface area contributed by atoms with Crippen LogP contribution in [-0.4, -0.2) is 11.1 Å². The Hall–Kier alpha value is -1.58. The first-order chi connectivity index (χ1) is 8.66. The molecule has 0 saturated heterocycles. The molecular weight excluding hydrogens is 226 g/mol. The Morgan fingerprint density at radius 2 is 1.94 bits per heavy atom. The van der Waals surface area contributed by atoms with Crippen LogP contribution in [0.1, 0.15) is 29.9 Å². The first kappa shape index (κ1) is 12.9. The van der Waals surface area contributed by atoms with Gasteiger partial charge in [-0.05, 0) is 31.5 Å². The fourth-order valence-electron chi connectivity index (χ4n) is 1.84. The van der Waals surface area contributed by atoms with E-state index < -0.39 is 6.10 Å². The first-order valence-corrected chi connectivity index (χ1v) is 6.17. The van der Waals surface area contributed by atoms with E-state index in [1.165, 1.54) is 5.56 Å². The van der Waals surface area contributed by atoms with Gasteiger partial charge in [0.25, 0.3) is 0 Å². The third-order valence-electron chi connectivity index (χ3n) is 3.07. The molecule has 0 saturated carbocycles. The van der Waals surface area contributed by atoms with Crippen LogP contribution in [0.3, 0.4) is 0 Å². The van der Waals surface area contributed by atoms with E-state index in [9.17, 15) is 5.11 Å². The quantitative estimate of drug-likeness (QED) is 0.851. The highest BCUT2D eigenvalue weighted by Crippen LogP contribution is 2.17. The zero-order chi connectivity index (χ0) is 13.0. The summed E-state index contributed by atoms with van der Waals surface area (Å²) in [6.07, 6.45) is 1.14. The fourth-order valence-corrected chi connectivity index (χ4v) is 1.84. The first-order valence-electron chi connectivity index (χ1n) is 6.17. The van der Waals surface area contributed by atoms with Gasteiger partial charge in [0.15, 0.2) is 0 Å². The summed E-state index contributed by atoms with van der Waals surface area (Å²) >= 11 is 0. The number of benzene rings is 1. The van der Waals surface area contributed by atoms with Crippen molar-refractivity contribution in [1.82, 2.24) is 5.32 Å². The molecule has 0 radical (unpaired) electrons. The lowest BCUT2D eigenvalue weighted by atomic mass is 10.0. The number of furan rings is 1. The highest BCUT2D eigenvalue weighted by Gasteiger charge is 2.15. The lowest BCUT2D eigenvalue weighted by Gasteiger charge is -2.20. The van der Waals surface area contributed by atoms with Crippen molar-refractivity contribution in [3.05, 3.63) is 59.5 Å². The van der Waals surface area contributed by atoms with Crippen molar-refractivity contribution < 1.29 is 9.52 Å². The van der Waals surface area contributed by atoms with Crippen LogP contribution in [-0.2, 0) is 6.54 Å². The van der Waals surface area contributed by atoms with Crippen LogP contribution in [0.2, 0.25) is 0 Å². The molecule has 2 rings (SSSR count). The maximum atomic E-state index is 10.2. The van der Waals surface area contributed by atoms with E-state index in [0.29, 0.717) is 6.54 Å². The van der Waals surface area contributed by atoms with Crippen molar-refractivity contribution in [1.29, 1.82) is 0 Å². The van der Waals surface area contributed by atoms with Crippen molar-refractivity contribution in [2.75, 3.05) is 0 Å². The molecule has 0 fully saturated rings. The van der Waals surface area contributed by atoms with Gasteiger partial charge in [-0.1, -0.05) is 29.8 Å². The minimum Gasteiger partial charge on any atom is -0.468 e. The summed E-state index contributed by atoms with van der Waals surface area (Å²) in [6.45, 7) is 4.62. The van der Waals surface area contributed by atoms with Crippen LogP contribution in [0.25, 0.3) is 0 Å². The standard InChI is InChI=1S/C15H19NO2/c1-11-5-7-13(8-6-11)15(17)12(2)16-10-14-4-3-9-18-14/h3-9,12,15-17H,10H2,1-2H3. The molecule has 3 nitrogen and oxygen atoms in total. The molecule has 2 unspecified atom stereocenters. The van der Waals surface area contributed by atoms with E-state index in [1.54, 1.807) is 6.26 Å². The molecule has 0 bridgehead atoms. The Labute approximate surface area is 107 Å².